The smallest absolute Gasteiger partial charge is 0.0470 e. The summed E-state index contributed by atoms with van der Waals surface area (Å²) in [4.78, 5) is 0. The van der Waals surface area contributed by atoms with Gasteiger partial charge in [0, 0.05) is 5.88 Å². The Morgan fingerprint density at radius 3 is 2.64 bits per heavy atom. The van der Waals surface area contributed by atoms with Crippen molar-refractivity contribution in [3.63, 3.8) is 0 Å². The van der Waals surface area contributed by atoms with E-state index in [1.54, 1.807) is 0 Å². The molecule has 0 unspecified atom stereocenters. The van der Waals surface area contributed by atoms with Crippen molar-refractivity contribution in [1.29, 1.82) is 0 Å². The molecule has 0 nitrogen and oxygen atoms in total. The van der Waals surface area contributed by atoms with Crippen molar-refractivity contribution in [2.45, 2.75) is 27.2 Å². The Hall–Kier alpha value is -0.230. The number of hydrogen-bond donors (Lipinski definition) is 0. The highest BCUT2D eigenvalue weighted by molar-refractivity contribution is 6.19. The Bertz CT molecular complexity index is 209. The predicted molar refractivity (Wildman–Crippen MR) is 51.0 cm³/mol. The summed E-state index contributed by atoms with van der Waals surface area (Å²) in [6.45, 7) is 6.71. The Morgan fingerprint density at radius 2 is 2.18 bits per heavy atom. The van der Waals surface area contributed by atoms with Crippen LogP contribution in [-0.4, -0.2) is 5.88 Å². The summed E-state index contributed by atoms with van der Waals surface area (Å²) in [7, 11) is 0. The summed E-state index contributed by atoms with van der Waals surface area (Å²) in [6.07, 6.45) is 5.56. The molecule has 0 amide bonds. The molecule has 1 aliphatic rings. The first-order valence-electron chi connectivity index (χ1n) is 4.00. The quantitative estimate of drug-likeness (QED) is 0.529. The molecule has 0 heterocycles. The van der Waals surface area contributed by atoms with Gasteiger partial charge in [-0.3, -0.25) is 0 Å². The van der Waals surface area contributed by atoms with E-state index in [2.05, 4.69) is 32.9 Å². The maximum atomic E-state index is 5.73. The van der Waals surface area contributed by atoms with E-state index in [1.807, 2.05) is 0 Å². The summed E-state index contributed by atoms with van der Waals surface area (Å²) < 4.78 is 0. The highest BCUT2D eigenvalue weighted by Gasteiger charge is 2.21. The van der Waals surface area contributed by atoms with E-state index in [1.165, 1.54) is 11.1 Å². The zero-order chi connectivity index (χ0) is 8.48. The fourth-order valence-electron chi connectivity index (χ4n) is 1.17. The summed E-state index contributed by atoms with van der Waals surface area (Å²) >= 11 is 5.73. The minimum atomic E-state index is 0.343. The standard InChI is InChI=1S/C10H15Cl/c1-8-6-9(7-11)4-5-10(8,2)3/h4,6H,5,7H2,1-3H3. The van der Waals surface area contributed by atoms with Crippen molar-refractivity contribution < 1.29 is 0 Å². The molecule has 62 valence electrons. The first-order chi connectivity index (χ1) is 5.06. The lowest BCUT2D eigenvalue weighted by molar-refractivity contribution is 0.446. The van der Waals surface area contributed by atoms with Crippen LogP contribution in [0, 0.1) is 5.41 Å². The average molecular weight is 171 g/mol. The van der Waals surface area contributed by atoms with Gasteiger partial charge in [-0.2, -0.15) is 0 Å². The Kier molecular flexibility index (Phi) is 2.43. The van der Waals surface area contributed by atoms with E-state index in [0.717, 1.165) is 6.42 Å². The van der Waals surface area contributed by atoms with Crippen LogP contribution in [-0.2, 0) is 0 Å². The normalized spacial score (nSPS) is 22.5. The lowest BCUT2D eigenvalue weighted by atomic mass is 9.78. The van der Waals surface area contributed by atoms with E-state index < -0.39 is 0 Å². The van der Waals surface area contributed by atoms with E-state index in [4.69, 9.17) is 11.6 Å². The van der Waals surface area contributed by atoms with Crippen LogP contribution in [0.4, 0.5) is 0 Å². The molecule has 0 fully saturated rings. The van der Waals surface area contributed by atoms with Crippen LogP contribution in [0.1, 0.15) is 27.2 Å². The van der Waals surface area contributed by atoms with Gasteiger partial charge in [-0.15, -0.1) is 11.6 Å². The van der Waals surface area contributed by atoms with Gasteiger partial charge >= 0.3 is 0 Å². The van der Waals surface area contributed by atoms with Crippen LogP contribution in [0.5, 0.6) is 0 Å². The molecule has 0 atom stereocenters. The number of hydrogen-bond acceptors (Lipinski definition) is 0. The third kappa shape index (κ3) is 1.87. The first kappa shape index (κ1) is 8.86. The zero-order valence-corrected chi connectivity index (χ0v) is 8.20. The van der Waals surface area contributed by atoms with Crippen LogP contribution >= 0.6 is 11.6 Å². The molecule has 0 spiro atoms. The van der Waals surface area contributed by atoms with Crippen LogP contribution in [0.3, 0.4) is 0 Å². The first-order valence-corrected chi connectivity index (χ1v) is 4.53. The number of rotatable bonds is 1. The predicted octanol–water partition coefficient (Wildman–Crippen LogP) is 3.53. The molecule has 1 rings (SSSR count). The molecule has 1 aliphatic carbocycles. The monoisotopic (exact) mass is 170 g/mol. The Labute approximate surface area is 73.9 Å². The van der Waals surface area contributed by atoms with Crippen LogP contribution < -0.4 is 0 Å². The summed E-state index contributed by atoms with van der Waals surface area (Å²) in [6, 6.07) is 0. The van der Waals surface area contributed by atoms with E-state index in [9.17, 15) is 0 Å². The molecule has 0 radical (unpaired) electrons. The van der Waals surface area contributed by atoms with Crippen LogP contribution in [0.2, 0.25) is 0 Å². The lowest BCUT2D eigenvalue weighted by Gasteiger charge is -2.28. The maximum absolute atomic E-state index is 5.73. The highest BCUT2D eigenvalue weighted by Crippen LogP contribution is 2.35. The molecule has 0 saturated heterocycles. The van der Waals surface area contributed by atoms with Crippen molar-refractivity contribution in [3.05, 3.63) is 23.3 Å². The second kappa shape index (κ2) is 3.02. The maximum Gasteiger partial charge on any atom is 0.0470 e. The van der Waals surface area contributed by atoms with Gasteiger partial charge in [0.25, 0.3) is 0 Å². The molecule has 0 aliphatic heterocycles. The number of allylic oxidation sites excluding steroid dienone is 4. The molecule has 0 aromatic rings. The van der Waals surface area contributed by atoms with Crippen molar-refractivity contribution >= 4 is 11.6 Å². The molecule has 11 heavy (non-hydrogen) atoms. The third-order valence-electron chi connectivity index (χ3n) is 2.50. The second-order valence-electron chi connectivity index (χ2n) is 3.83. The molecule has 0 bridgehead atoms. The van der Waals surface area contributed by atoms with Crippen LogP contribution in [0.15, 0.2) is 23.3 Å². The van der Waals surface area contributed by atoms with E-state index in [-0.39, 0.29) is 0 Å². The van der Waals surface area contributed by atoms with Gasteiger partial charge < -0.3 is 0 Å². The van der Waals surface area contributed by atoms with Gasteiger partial charge in [0.1, 0.15) is 0 Å². The minimum Gasteiger partial charge on any atom is -0.122 e. The molecular formula is C10H15Cl. The SMILES string of the molecule is CC1=CC(CCl)=CCC1(C)C. The van der Waals surface area contributed by atoms with Gasteiger partial charge in [-0.05, 0) is 24.3 Å². The summed E-state index contributed by atoms with van der Waals surface area (Å²) in [5.74, 6) is 0.646. The van der Waals surface area contributed by atoms with Crippen molar-refractivity contribution in [1.82, 2.24) is 0 Å². The molecule has 0 aromatic heterocycles. The fraction of sp³-hybridized carbons (Fsp3) is 0.600. The van der Waals surface area contributed by atoms with Gasteiger partial charge in [-0.1, -0.05) is 31.6 Å². The number of alkyl halides is 1. The molecule has 0 N–H and O–H groups in total. The van der Waals surface area contributed by atoms with Gasteiger partial charge in [0.2, 0.25) is 0 Å². The zero-order valence-electron chi connectivity index (χ0n) is 7.45. The largest absolute Gasteiger partial charge is 0.122 e. The fourth-order valence-corrected chi connectivity index (χ4v) is 1.36. The Balaban J connectivity index is 2.82. The topological polar surface area (TPSA) is 0 Å². The van der Waals surface area contributed by atoms with E-state index >= 15 is 0 Å². The minimum absolute atomic E-state index is 0.343. The van der Waals surface area contributed by atoms with Crippen molar-refractivity contribution in [3.8, 4) is 0 Å². The molecule has 1 heteroatoms. The second-order valence-corrected chi connectivity index (χ2v) is 4.10. The highest BCUT2D eigenvalue weighted by atomic mass is 35.5. The van der Waals surface area contributed by atoms with Gasteiger partial charge in [0.15, 0.2) is 0 Å². The third-order valence-corrected chi connectivity index (χ3v) is 2.81. The average Bonchev–Trinajstić information content (AvgIpc) is 1.95. The van der Waals surface area contributed by atoms with Crippen molar-refractivity contribution in [2.75, 3.05) is 5.88 Å². The summed E-state index contributed by atoms with van der Waals surface area (Å²) in [5, 5.41) is 0. The summed E-state index contributed by atoms with van der Waals surface area (Å²) in [5.41, 5.74) is 3.05. The molecule has 0 saturated carbocycles. The van der Waals surface area contributed by atoms with Crippen LogP contribution in [0.25, 0.3) is 0 Å². The Morgan fingerprint density at radius 1 is 1.55 bits per heavy atom. The number of halogens is 1. The lowest BCUT2D eigenvalue weighted by Crippen LogP contribution is -2.15. The van der Waals surface area contributed by atoms with Gasteiger partial charge in [-0.25, -0.2) is 0 Å². The molecule has 0 aromatic carbocycles. The van der Waals surface area contributed by atoms with E-state index in [0.29, 0.717) is 11.3 Å². The van der Waals surface area contributed by atoms with Crippen molar-refractivity contribution in [2.24, 2.45) is 5.41 Å². The molecular weight excluding hydrogens is 156 g/mol. The van der Waals surface area contributed by atoms with Gasteiger partial charge in [0.05, 0.1) is 0 Å².